The first-order valence-corrected chi connectivity index (χ1v) is 10.5. The molecular formula is C22H32ClFO. The molecule has 0 spiro atoms. The monoisotopic (exact) mass is 366 g/mol. The Morgan fingerprint density at radius 2 is 1.60 bits per heavy atom. The molecule has 25 heavy (non-hydrogen) atoms. The van der Waals surface area contributed by atoms with E-state index in [1.807, 2.05) is 6.07 Å². The second-order valence-electron chi connectivity index (χ2n) is 8.17. The summed E-state index contributed by atoms with van der Waals surface area (Å²) >= 11 is 6.29. The fourth-order valence-corrected chi connectivity index (χ4v) is 5.59. The third-order valence-corrected chi connectivity index (χ3v) is 7.15. The molecule has 0 amide bonds. The third kappa shape index (κ3) is 4.32. The Hall–Kier alpha value is -0.760. The van der Waals surface area contributed by atoms with Gasteiger partial charge in [-0.15, -0.1) is 0 Å². The van der Waals surface area contributed by atoms with E-state index in [0.29, 0.717) is 5.92 Å². The fraction of sp³-hybridized carbons (Fsp3) is 0.727. The Labute approximate surface area is 157 Å². The largest absolute Gasteiger partial charge is 0.494 e. The van der Waals surface area contributed by atoms with Crippen LogP contribution in [0, 0.1) is 23.6 Å². The highest BCUT2D eigenvalue weighted by Crippen LogP contribution is 2.46. The molecule has 0 bridgehead atoms. The number of halogens is 2. The predicted octanol–water partition coefficient (Wildman–Crippen LogP) is 7.37. The second-order valence-corrected chi connectivity index (χ2v) is 8.54. The zero-order chi connectivity index (χ0) is 17.8. The normalized spacial score (nSPS) is 30.2. The number of rotatable bonds is 5. The van der Waals surface area contributed by atoms with Crippen LogP contribution in [-0.4, -0.2) is 7.11 Å². The molecule has 0 unspecified atom stereocenters. The Morgan fingerprint density at radius 3 is 2.16 bits per heavy atom. The van der Waals surface area contributed by atoms with E-state index < -0.39 is 5.82 Å². The van der Waals surface area contributed by atoms with Gasteiger partial charge in [0, 0.05) is 0 Å². The first kappa shape index (κ1) is 19.0. The van der Waals surface area contributed by atoms with Crippen molar-refractivity contribution in [3.63, 3.8) is 0 Å². The van der Waals surface area contributed by atoms with Gasteiger partial charge >= 0.3 is 0 Å². The molecule has 1 nitrogen and oxygen atoms in total. The van der Waals surface area contributed by atoms with Gasteiger partial charge in [-0.2, -0.15) is 0 Å². The van der Waals surface area contributed by atoms with Gasteiger partial charge in [-0.3, -0.25) is 0 Å². The van der Waals surface area contributed by atoms with Crippen LogP contribution in [-0.2, 0) is 0 Å². The molecule has 0 radical (unpaired) electrons. The van der Waals surface area contributed by atoms with Crippen molar-refractivity contribution in [3.8, 4) is 5.75 Å². The maximum Gasteiger partial charge on any atom is 0.183 e. The molecule has 3 heteroatoms. The highest BCUT2D eigenvalue weighted by molar-refractivity contribution is 6.31. The quantitative estimate of drug-likeness (QED) is 0.528. The molecule has 0 atom stereocenters. The molecule has 0 saturated heterocycles. The van der Waals surface area contributed by atoms with Gasteiger partial charge in [0.15, 0.2) is 11.6 Å². The van der Waals surface area contributed by atoms with Crippen LogP contribution in [0.1, 0.15) is 82.6 Å². The minimum Gasteiger partial charge on any atom is -0.494 e. The summed E-state index contributed by atoms with van der Waals surface area (Å²) in [5.41, 5.74) is 0.977. The first-order chi connectivity index (χ1) is 12.1. The van der Waals surface area contributed by atoms with Gasteiger partial charge in [-0.05, 0) is 73.8 Å². The van der Waals surface area contributed by atoms with Crippen LogP contribution in [0.2, 0.25) is 5.02 Å². The maximum atomic E-state index is 14.2. The summed E-state index contributed by atoms with van der Waals surface area (Å²) in [4.78, 5) is 0. The summed E-state index contributed by atoms with van der Waals surface area (Å²) < 4.78 is 19.3. The van der Waals surface area contributed by atoms with Gasteiger partial charge in [0.05, 0.1) is 12.1 Å². The van der Waals surface area contributed by atoms with Crippen LogP contribution >= 0.6 is 11.6 Å². The first-order valence-electron chi connectivity index (χ1n) is 10.2. The van der Waals surface area contributed by atoms with Crippen LogP contribution in [0.15, 0.2) is 12.1 Å². The van der Waals surface area contributed by atoms with E-state index in [0.717, 1.165) is 36.2 Å². The molecular weight excluding hydrogens is 335 g/mol. The standard InChI is InChI=1S/C22H32ClFO/c1-3-4-15-5-7-16(8-6-15)17-9-11-18(12-10-17)19-13-14-20(25-2)22(24)21(19)23/h13-18H,3-12H2,1-2H3. The van der Waals surface area contributed by atoms with Crippen molar-refractivity contribution in [2.45, 2.75) is 77.0 Å². The molecule has 3 rings (SSSR count). The van der Waals surface area contributed by atoms with Crippen LogP contribution < -0.4 is 4.74 Å². The highest BCUT2D eigenvalue weighted by Gasteiger charge is 2.32. The lowest BCUT2D eigenvalue weighted by Gasteiger charge is -2.38. The Kier molecular flexibility index (Phi) is 6.66. The third-order valence-electron chi connectivity index (χ3n) is 6.76. The summed E-state index contributed by atoms with van der Waals surface area (Å²) in [5, 5.41) is 0.267. The van der Waals surface area contributed by atoms with Gasteiger partial charge < -0.3 is 4.74 Å². The van der Waals surface area contributed by atoms with Gasteiger partial charge in [-0.1, -0.05) is 50.3 Å². The molecule has 0 aliphatic heterocycles. The molecule has 2 saturated carbocycles. The van der Waals surface area contributed by atoms with E-state index in [9.17, 15) is 4.39 Å². The number of hydrogen-bond donors (Lipinski definition) is 0. The molecule has 0 heterocycles. The molecule has 1 aromatic carbocycles. The summed E-state index contributed by atoms with van der Waals surface area (Å²) in [6.07, 6.45) is 13.3. The average molecular weight is 367 g/mol. The van der Waals surface area contributed by atoms with Crippen molar-refractivity contribution in [1.82, 2.24) is 0 Å². The number of ether oxygens (including phenoxy) is 1. The Morgan fingerprint density at radius 1 is 1.00 bits per heavy atom. The molecule has 0 aromatic heterocycles. The van der Waals surface area contributed by atoms with Gasteiger partial charge in [0.25, 0.3) is 0 Å². The smallest absolute Gasteiger partial charge is 0.183 e. The second kappa shape index (κ2) is 8.75. The lowest BCUT2D eigenvalue weighted by molar-refractivity contribution is 0.156. The molecule has 0 N–H and O–H groups in total. The van der Waals surface area contributed by atoms with E-state index in [2.05, 4.69) is 6.92 Å². The summed E-state index contributed by atoms with van der Waals surface area (Å²) in [6, 6.07) is 3.68. The Bertz CT molecular complexity index is 557. The van der Waals surface area contributed by atoms with E-state index in [4.69, 9.17) is 16.3 Å². The summed E-state index contributed by atoms with van der Waals surface area (Å²) in [6.45, 7) is 2.31. The minimum atomic E-state index is -0.405. The fourth-order valence-electron chi connectivity index (χ4n) is 5.28. The molecule has 140 valence electrons. The summed E-state index contributed by atoms with van der Waals surface area (Å²) in [5.74, 6) is 3.03. The lowest BCUT2D eigenvalue weighted by atomic mass is 9.68. The zero-order valence-electron chi connectivity index (χ0n) is 15.7. The SMILES string of the molecule is CCCC1CCC(C2CCC(c3ccc(OC)c(F)c3Cl)CC2)CC1. The van der Waals surface area contributed by atoms with Crippen molar-refractivity contribution in [2.24, 2.45) is 17.8 Å². The van der Waals surface area contributed by atoms with E-state index >= 15 is 0 Å². The molecule has 1 aromatic rings. The minimum absolute atomic E-state index is 0.242. The van der Waals surface area contributed by atoms with Crippen LogP contribution in [0.25, 0.3) is 0 Å². The van der Waals surface area contributed by atoms with Crippen molar-refractivity contribution in [3.05, 3.63) is 28.5 Å². The van der Waals surface area contributed by atoms with Gasteiger partial charge in [-0.25, -0.2) is 4.39 Å². The van der Waals surface area contributed by atoms with Crippen molar-refractivity contribution in [2.75, 3.05) is 7.11 Å². The number of methoxy groups -OCH3 is 1. The summed E-state index contributed by atoms with van der Waals surface area (Å²) in [7, 11) is 1.48. The van der Waals surface area contributed by atoms with E-state index in [-0.39, 0.29) is 10.8 Å². The number of benzene rings is 1. The van der Waals surface area contributed by atoms with Gasteiger partial charge in [0.1, 0.15) is 0 Å². The molecule has 2 aliphatic carbocycles. The van der Waals surface area contributed by atoms with Crippen molar-refractivity contribution in [1.29, 1.82) is 0 Å². The van der Waals surface area contributed by atoms with Crippen LogP contribution in [0.5, 0.6) is 5.75 Å². The van der Waals surface area contributed by atoms with Gasteiger partial charge in [0.2, 0.25) is 0 Å². The van der Waals surface area contributed by atoms with Crippen LogP contribution in [0.3, 0.4) is 0 Å². The predicted molar refractivity (Wildman–Crippen MR) is 103 cm³/mol. The van der Waals surface area contributed by atoms with Crippen LogP contribution in [0.4, 0.5) is 4.39 Å². The maximum absolute atomic E-state index is 14.2. The number of hydrogen-bond acceptors (Lipinski definition) is 1. The topological polar surface area (TPSA) is 9.23 Å². The lowest BCUT2D eigenvalue weighted by Crippen LogP contribution is -2.25. The molecule has 2 aliphatic rings. The van der Waals surface area contributed by atoms with E-state index in [1.165, 1.54) is 58.5 Å². The Balaban J connectivity index is 1.55. The van der Waals surface area contributed by atoms with E-state index in [1.54, 1.807) is 6.07 Å². The van der Waals surface area contributed by atoms with Crippen molar-refractivity contribution < 1.29 is 9.13 Å². The highest BCUT2D eigenvalue weighted by atomic mass is 35.5. The van der Waals surface area contributed by atoms with Crippen molar-refractivity contribution >= 4 is 11.6 Å². The molecule has 2 fully saturated rings. The zero-order valence-corrected chi connectivity index (χ0v) is 16.5. The average Bonchev–Trinajstić information content (AvgIpc) is 2.65.